The monoisotopic (exact) mass is 262 g/mol. The number of benzene rings is 1. The van der Waals surface area contributed by atoms with Gasteiger partial charge in [-0.15, -0.1) is 0 Å². The third kappa shape index (κ3) is 3.37. The molecule has 8 heteroatoms. The molecule has 0 unspecified atom stereocenters. The quantitative estimate of drug-likeness (QED) is 0.814. The summed E-state index contributed by atoms with van der Waals surface area (Å²) in [7, 11) is 1.15. The molecule has 1 aromatic carbocycles. The zero-order valence-corrected chi connectivity index (χ0v) is 9.21. The molecule has 0 heterocycles. The van der Waals surface area contributed by atoms with E-state index in [4.69, 9.17) is 5.11 Å². The molecule has 18 heavy (non-hydrogen) atoms. The smallest absolute Gasteiger partial charge is 0.323 e. The molecule has 0 spiro atoms. The Kier molecular flexibility index (Phi) is 4.13. The fourth-order valence-electron chi connectivity index (χ4n) is 1.10. The molecule has 2 amide bonds. The second-order valence-electron chi connectivity index (χ2n) is 3.43. The molecule has 1 rings (SSSR count). The van der Waals surface area contributed by atoms with E-state index in [1.54, 1.807) is 0 Å². The summed E-state index contributed by atoms with van der Waals surface area (Å²) in [6.45, 7) is -0.614. The Hall–Kier alpha value is -2.25. The van der Waals surface area contributed by atoms with Crippen molar-refractivity contribution in [2.45, 2.75) is 0 Å². The predicted octanol–water partition coefficient (Wildman–Crippen LogP) is 1.65. The van der Waals surface area contributed by atoms with Crippen molar-refractivity contribution in [3.63, 3.8) is 0 Å². The van der Waals surface area contributed by atoms with Gasteiger partial charge in [-0.1, -0.05) is 0 Å². The summed E-state index contributed by atoms with van der Waals surface area (Å²) in [5.74, 6) is -5.14. The van der Waals surface area contributed by atoms with Crippen LogP contribution >= 0.6 is 0 Å². The van der Waals surface area contributed by atoms with Gasteiger partial charge >= 0.3 is 12.0 Å². The molecule has 0 fully saturated rings. The molecule has 0 saturated heterocycles. The number of nitrogens with one attached hydrogen (secondary N) is 1. The molecular formula is C10H9F3N2O3. The molecular weight excluding hydrogens is 253 g/mol. The van der Waals surface area contributed by atoms with E-state index in [2.05, 4.69) is 0 Å². The number of urea groups is 1. The molecule has 2 N–H and O–H groups in total. The summed E-state index contributed by atoms with van der Waals surface area (Å²) in [4.78, 5) is 22.4. The number of aliphatic carboxylic acids is 1. The van der Waals surface area contributed by atoms with E-state index in [1.165, 1.54) is 0 Å². The summed E-state index contributed by atoms with van der Waals surface area (Å²) >= 11 is 0. The average molecular weight is 262 g/mol. The lowest BCUT2D eigenvalue weighted by atomic mass is 10.3. The van der Waals surface area contributed by atoms with Crippen molar-refractivity contribution < 1.29 is 27.9 Å². The van der Waals surface area contributed by atoms with Crippen LogP contribution in [0, 0.1) is 17.5 Å². The second-order valence-corrected chi connectivity index (χ2v) is 3.43. The summed E-state index contributed by atoms with van der Waals surface area (Å²) in [5.41, 5.74) is -0.573. The number of likely N-dealkylation sites (N-methyl/N-ethyl adjacent to an activating group) is 1. The molecule has 0 atom stereocenters. The van der Waals surface area contributed by atoms with Crippen LogP contribution in [0.25, 0.3) is 0 Å². The number of nitrogens with zero attached hydrogens (tertiary/aromatic N) is 1. The summed E-state index contributed by atoms with van der Waals surface area (Å²) in [6.07, 6.45) is 0. The van der Waals surface area contributed by atoms with Gasteiger partial charge in [-0.25, -0.2) is 18.0 Å². The van der Waals surface area contributed by atoms with Crippen LogP contribution in [0.2, 0.25) is 0 Å². The first kappa shape index (κ1) is 13.8. The number of carbonyl (C=O) groups is 2. The maximum absolute atomic E-state index is 13.2. The minimum absolute atomic E-state index is 0.280. The number of carbonyl (C=O) groups excluding carboxylic acids is 1. The van der Waals surface area contributed by atoms with E-state index >= 15 is 0 Å². The van der Waals surface area contributed by atoms with Gasteiger partial charge in [0, 0.05) is 19.2 Å². The molecule has 0 radical (unpaired) electrons. The lowest BCUT2D eigenvalue weighted by Gasteiger charge is -2.15. The van der Waals surface area contributed by atoms with Gasteiger partial charge in [-0.3, -0.25) is 4.79 Å². The number of carboxylic acid groups (broad SMARTS) is 1. The summed E-state index contributed by atoms with van der Waals surface area (Å²) in [6, 6.07) is -0.207. The van der Waals surface area contributed by atoms with E-state index in [-0.39, 0.29) is 6.07 Å². The number of halogens is 3. The maximum Gasteiger partial charge on any atom is 0.323 e. The Morgan fingerprint density at radius 3 is 2.33 bits per heavy atom. The lowest BCUT2D eigenvalue weighted by Crippen LogP contribution is -2.35. The van der Waals surface area contributed by atoms with Crippen molar-refractivity contribution in [3.8, 4) is 0 Å². The molecule has 0 aliphatic heterocycles. The first-order valence-electron chi connectivity index (χ1n) is 4.69. The highest BCUT2D eigenvalue weighted by atomic mass is 19.2. The van der Waals surface area contributed by atoms with Crippen LogP contribution in [0.5, 0.6) is 0 Å². The van der Waals surface area contributed by atoms with Crippen LogP contribution in [0.3, 0.4) is 0 Å². The molecule has 0 saturated carbocycles. The van der Waals surface area contributed by atoms with Crippen LogP contribution in [0.1, 0.15) is 0 Å². The zero-order valence-electron chi connectivity index (χ0n) is 9.21. The third-order valence-electron chi connectivity index (χ3n) is 1.97. The topological polar surface area (TPSA) is 69.6 Å². The largest absolute Gasteiger partial charge is 0.480 e. The van der Waals surface area contributed by atoms with Crippen LogP contribution in [0.4, 0.5) is 23.7 Å². The molecule has 0 aromatic heterocycles. The van der Waals surface area contributed by atoms with Gasteiger partial charge in [0.1, 0.15) is 12.4 Å². The lowest BCUT2D eigenvalue weighted by molar-refractivity contribution is -0.137. The van der Waals surface area contributed by atoms with Crippen molar-refractivity contribution in [2.24, 2.45) is 0 Å². The first-order valence-corrected chi connectivity index (χ1v) is 4.69. The van der Waals surface area contributed by atoms with Gasteiger partial charge in [0.15, 0.2) is 11.6 Å². The number of amides is 2. The highest BCUT2D eigenvalue weighted by Crippen LogP contribution is 2.18. The molecule has 98 valence electrons. The highest BCUT2D eigenvalue weighted by Gasteiger charge is 2.16. The van der Waals surface area contributed by atoms with E-state index < -0.39 is 41.7 Å². The van der Waals surface area contributed by atoms with E-state index in [9.17, 15) is 22.8 Å². The van der Waals surface area contributed by atoms with E-state index in [0.29, 0.717) is 6.07 Å². The molecule has 5 nitrogen and oxygen atoms in total. The van der Waals surface area contributed by atoms with Crippen LogP contribution in [0.15, 0.2) is 12.1 Å². The number of hydrogen-bond acceptors (Lipinski definition) is 2. The maximum atomic E-state index is 13.2. The molecule has 1 aromatic rings. The Morgan fingerprint density at radius 2 is 1.78 bits per heavy atom. The van der Waals surface area contributed by atoms with Crippen LogP contribution in [-0.4, -0.2) is 35.6 Å². The van der Waals surface area contributed by atoms with E-state index in [1.807, 2.05) is 5.32 Å². The molecule has 0 aliphatic rings. The standard InChI is InChI=1S/C10H9F3N2O3/c1-15(4-9(16)17)10(18)14-8-3-6(12)5(11)2-7(8)13/h2-3H,4H2,1H3,(H,14,18)(H,16,17). The van der Waals surface area contributed by atoms with Crippen molar-refractivity contribution in [1.82, 2.24) is 4.90 Å². The predicted molar refractivity (Wildman–Crippen MR) is 55.6 cm³/mol. The number of rotatable bonds is 3. The fraction of sp³-hybridized carbons (Fsp3) is 0.200. The zero-order chi connectivity index (χ0) is 13.9. The molecule has 0 bridgehead atoms. The number of anilines is 1. The van der Waals surface area contributed by atoms with Crippen LogP contribution in [-0.2, 0) is 4.79 Å². The normalized spacial score (nSPS) is 10.0. The molecule has 0 aliphatic carbocycles. The van der Waals surface area contributed by atoms with E-state index in [0.717, 1.165) is 11.9 Å². The number of carboxylic acids is 1. The third-order valence-corrected chi connectivity index (χ3v) is 1.97. The van der Waals surface area contributed by atoms with Gasteiger partial charge in [-0.2, -0.15) is 0 Å². The van der Waals surface area contributed by atoms with Crippen molar-refractivity contribution in [2.75, 3.05) is 18.9 Å². The average Bonchev–Trinajstić information content (AvgIpc) is 2.24. The fourth-order valence-corrected chi connectivity index (χ4v) is 1.10. The van der Waals surface area contributed by atoms with Gasteiger partial charge in [0.2, 0.25) is 0 Å². The van der Waals surface area contributed by atoms with Gasteiger partial charge in [0.25, 0.3) is 0 Å². The van der Waals surface area contributed by atoms with Crippen molar-refractivity contribution >= 4 is 17.7 Å². The van der Waals surface area contributed by atoms with Crippen molar-refractivity contribution in [3.05, 3.63) is 29.6 Å². The highest BCUT2D eigenvalue weighted by molar-refractivity contribution is 5.91. The van der Waals surface area contributed by atoms with Gasteiger partial charge in [-0.05, 0) is 0 Å². The first-order chi connectivity index (χ1) is 8.31. The Bertz CT molecular complexity index is 494. The minimum atomic E-state index is -1.38. The minimum Gasteiger partial charge on any atom is -0.480 e. The van der Waals surface area contributed by atoms with Gasteiger partial charge < -0.3 is 15.3 Å². The van der Waals surface area contributed by atoms with Crippen molar-refractivity contribution in [1.29, 1.82) is 0 Å². The Morgan fingerprint density at radius 1 is 1.22 bits per heavy atom. The Balaban J connectivity index is 2.82. The Labute approximate surface area is 99.8 Å². The van der Waals surface area contributed by atoms with Gasteiger partial charge in [0.05, 0.1) is 5.69 Å². The SMILES string of the molecule is CN(CC(=O)O)C(=O)Nc1cc(F)c(F)cc1F. The number of hydrogen-bond donors (Lipinski definition) is 2. The summed E-state index contributed by atoms with van der Waals surface area (Å²) < 4.78 is 38.6. The summed E-state index contributed by atoms with van der Waals surface area (Å²) in [5, 5.41) is 10.4. The second kappa shape index (κ2) is 5.39. The van der Waals surface area contributed by atoms with Crippen LogP contribution < -0.4 is 5.32 Å².